The van der Waals surface area contributed by atoms with E-state index in [1.54, 1.807) is 6.08 Å². The summed E-state index contributed by atoms with van der Waals surface area (Å²) in [5.41, 5.74) is 0. The first-order valence-corrected chi connectivity index (χ1v) is 7.31. The maximum Gasteiger partial charge on any atom is 0.225 e. The molecular formula is C15H26N2O2. The standard InChI is InChI=1S/C15H26N2O2/c1-4-11-16-14(18)12-7-9-13(10-8-12)15(19)17(5-2)6-3/h4,12-13H,1,5-11H2,2-3H3,(H,16,18). The Hall–Kier alpha value is -1.32. The number of carbonyl (C=O) groups is 2. The second-order valence-electron chi connectivity index (χ2n) is 5.09. The highest BCUT2D eigenvalue weighted by Crippen LogP contribution is 2.30. The van der Waals surface area contributed by atoms with Crippen molar-refractivity contribution in [3.63, 3.8) is 0 Å². The first-order chi connectivity index (χ1) is 9.13. The van der Waals surface area contributed by atoms with Crippen molar-refractivity contribution in [3.05, 3.63) is 12.7 Å². The summed E-state index contributed by atoms with van der Waals surface area (Å²) < 4.78 is 0. The Morgan fingerprint density at radius 2 is 1.68 bits per heavy atom. The topological polar surface area (TPSA) is 49.4 Å². The van der Waals surface area contributed by atoms with Crippen LogP contribution in [0.15, 0.2) is 12.7 Å². The van der Waals surface area contributed by atoms with Crippen LogP contribution < -0.4 is 5.32 Å². The van der Waals surface area contributed by atoms with Crippen LogP contribution in [0, 0.1) is 11.8 Å². The van der Waals surface area contributed by atoms with Gasteiger partial charge in [-0.3, -0.25) is 9.59 Å². The summed E-state index contributed by atoms with van der Waals surface area (Å²) in [6.45, 7) is 9.68. The highest BCUT2D eigenvalue weighted by Gasteiger charge is 2.31. The van der Waals surface area contributed by atoms with Crippen molar-refractivity contribution in [2.24, 2.45) is 11.8 Å². The molecule has 1 saturated carbocycles. The lowest BCUT2D eigenvalue weighted by molar-refractivity contribution is -0.138. The first-order valence-electron chi connectivity index (χ1n) is 7.31. The zero-order chi connectivity index (χ0) is 14.3. The lowest BCUT2D eigenvalue weighted by Gasteiger charge is -2.30. The van der Waals surface area contributed by atoms with Crippen LogP contribution >= 0.6 is 0 Å². The summed E-state index contributed by atoms with van der Waals surface area (Å²) in [6, 6.07) is 0. The van der Waals surface area contributed by atoms with Crippen LogP contribution in [0.2, 0.25) is 0 Å². The molecule has 0 aromatic rings. The molecule has 4 nitrogen and oxygen atoms in total. The fourth-order valence-corrected chi connectivity index (χ4v) is 2.71. The summed E-state index contributed by atoms with van der Waals surface area (Å²) in [5.74, 6) is 0.549. The van der Waals surface area contributed by atoms with Crippen molar-refractivity contribution in [2.45, 2.75) is 39.5 Å². The van der Waals surface area contributed by atoms with Crippen LogP contribution in [0.1, 0.15) is 39.5 Å². The molecule has 1 fully saturated rings. The average Bonchev–Trinajstić information content (AvgIpc) is 2.46. The predicted molar refractivity (Wildman–Crippen MR) is 76.6 cm³/mol. The molecule has 1 rings (SSSR count). The average molecular weight is 266 g/mol. The van der Waals surface area contributed by atoms with Gasteiger partial charge in [0.2, 0.25) is 11.8 Å². The third-order valence-corrected chi connectivity index (χ3v) is 3.94. The minimum Gasteiger partial charge on any atom is -0.352 e. The van der Waals surface area contributed by atoms with E-state index < -0.39 is 0 Å². The highest BCUT2D eigenvalue weighted by molar-refractivity contribution is 5.81. The van der Waals surface area contributed by atoms with Gasteiger partial charge in [-0.2, -0.15) is 0 Å². The molecule has 0 spiro atoms. The van der Waals surface area contributed by atoms with E-state index in [4.69, 9.17) is 0 Å². The molecule has 0 aliphatic heterocycles. The third-order valence-electron chi connectivity index (χ3n) is 3.94. The Balaban J connectivity index is 2.42. The fraction of sp³-hybridized carbons (Fsp3) is 0.733. The van der Waals surface area contributed by atoms with E-state index in [2.05, 4.69) is 11.9 Å². The molecule has 0 atom stereocenters. The molecule has 1 N–H and O–H groups in total. The number of rotatable bonds is 6. The zero-order valence-corrected chi connectivity index (χ0v) is 12.2. The summed E-state index contributed by atoms with van der Waals surface area (Å²) in [7, 11) is 0. The highest BCUT2D eigenvalue weighted by atomic mass is 16.2. The molecular weight excluding hydrogens is 240 g/mol. The summed E-state index contributed by atoms with van der Waals surface area (Å²) in [4.78, 5) is 25.9. The molecule has 2 amide bonds. The van der Waals surface area contributed by atoms with Gasteiger partial charge in [-0.15, -0.1) is 6.58 Å². The normalized spacial score (nSPS) is 22.6. The molecule has 0 aromatic carbocycles. The molecule has 0 heterocycles. The van der Waals surface area contributed by atoms with Crippen molar-refractivity contribution in [2.75, 3.05) is 19.6 Å². The van der Waals surface area contributed by atoms with Crippen molar-refractivity contribution >= 4 is 11.8 Å². The molecule has 1 aliphatic rings. The van der Waals surface area contributed by atoms with E-state index in [0.29, 0.717) is 6.54 Å². The minimum absolute atomic E-state index is 0.0701. The molecule has 108 valence electrons. The van der Waals surface area contributed by atoms with Crippen LogP contribution in [-0.2, 0) is 9.59 Å². The smallest absolute Gasteiger partial charge is 0.225 e. The Kier molecular flexibility index (Phi) is 6.60. The van der Waals surface area contributed by atoms with Crippen LogP contribution in [0.3, 0.4) is 0 Å². The maximum absolute atomic E-state index is 12.2. The largest absolute Gasteiger partial charge is 0.352 e. The van der Waals surface area contributed by atoms with E-state index in [1.165, 1.54) is 0 Å². The molecule has 4 heteroatoms. The number of hydrogen-bond donors (Lipinski definition) is 1. The predicted octanol–water partition coefficient (Wildman–Crippen LogP) is 1.96. The van der Waals surface area contributed by atoms with Gasteiger partial charge >= 0.3 is 0 Å². The van der Waals surface area contributed by atoms with Crippen molar-refractivity contribution in [1.29, 1.82) is 0 Å². The molecule has 0 bridgehead atoms. The van der Waals surface area contributed by atoms with E-state index >= 15 is 0 Å². The SMILES string of the molecule is C=CCNC(=O)C1CCC(C(=O)N(CC)CC)CC1. The van der Waals surface area contributed by atoms with Crippen molar-refractivity contribution in [1.82, 2.24) is 10.2 Å². The number of nitrogens with zero attached hydrogens (tertiary/aromatic N) is 1. The number of nitrogens with one attached hydrogen (secondary N) is 1. The third kappa shape index (κ3) is 4.37. The summed E-state index contributed by atoms with van der Waals surface area (Å²) in [5, 5.41) is 2.84. The summed E-state index contributed by atoms with van der Waals surface area (Å²) in [6.07, 6.45) is 5.00. The number of amides is 2. The van der Waals surface area contributed by atoms with Crippen LogP contribution in [0.5, 0.6) is 0 Å². The quantitative estimate of drug-likeness (QED) is 0.747. The van der Waals surface area contributed by atoms with Gasteiger partial charge in [-0.05, 0) is 39.5 Å². The zero-order valence-electron chi connectivity index (χ0n) is 12.2. The molecule has 0 saturated heterocycles. The van der Waals surface area contributed by atoms with Gasteiger partial charge in [-0.1, -0.05) is 6.08 Å². The van der Waals surface area contributed by atoms with Gasteiger partial charge < -0.3 is 10.2 Å². The number of carbonyl (C=O) groups excluding carboxylic acids is 2. The van der Waals surface area contributed by atoms with Gasteiger partial charge in [0, 0.05) is 31.5 Å². The summed E-state index contributed by atoms with van der Waals surface area (Å²) >= 11 is 0. The van der Waals surface area contributed by atoms with E-state index in [-0.39, 0.29) is 23.7 Å². The van der Waals surface area contributed by atoms with E-state index in [9.17, 15) is 9.59 Å². The molecule has 0 radical (unpaired) electrons. The van der Waals surface area contributed by atoms with Gasteiger partial charge in [0.15, 0.2) is 0 Å². The van der Waals surface area contributed by atoms with Gasteiger partial charge in [0.05, 0.1) is 0 Å². The number of hydrogen-bond acceptors (Lipinski definition) is 2. The second kappa shape index (κ2) is 7.97. The monoisotopic (exact) mass is 266 g/mol. The first kappa shape index (κ1) is 15.7. The lowest BCUT2D eigenvalue weighted by Crippen LogP contribution is -2.39. The molecule has 0 aromatic heterocycles. The van der Waals surface area contributed by atoms with Crippen LogP contribution in [0.4, 0.5) is 0 Å². The molecule has 19 heavy (non-hydrogen) atoms. The lowest BCUT2D eigenvalue weighted by atomic mass is 9.81. The second-order valence-corrected chi connectivity index (χ2v) is 5.09. The Morgan fingerprint density at radius 3 is 2.16 bits per heavy atom. The maximum atomic E-state index is 12.2. The Bertz CT molecular complexity index is 316. The van der Waals surface area contributed by atoms with Gasteiger partial charge in [0.1, 0.15) is 0 Å². The van der Waals surface area contributed by atoms with Gasteiger partial charge in [0.25, 0.3) is 0 Å². The van der Waals surface area contributed by atoms with Crippen LogP contribution in [0.25, 0.3) is 0 Å². The molecule has 0 unspecified atom stereocenters. The van der Waals surface area contributed by atoms with Crippen molar-refractivity contribution in [3.8, 4) is 0 Å². The van der Waals surface area contributed by atoms with Crippen molar-refractivity contribution < 1.29 is 9.59 Å². The van der Waals surface area contributed by atoms with Gasteiger partial charge in [-0.25, -0.2) is 0 Å². The van der Waals surface area contributed by atoms with E-state index in [0.717, 1.165) is 38.8 Å². The fourth-order valence-electron chi connectivity index (χ4n) is 2.71. The Labute approximate surface area is 116 Å². The Morgan fingerprint density at radius 1 is 1.16 bits per heavy atom. The van der Waals surface area contributed by atoms with Crippen LogP contribution in [-0.4, -0.2) is 36.3 Å². The van der Waals surface area contributed by atoms with E-state index in [1.807, 2.05) is 18.7 Å². The molecule has 1 aliphatic carbocycles. The minimum atomic E-state index is 0.0701.